The van der Waals surface area contributed by atoms with Crippen molar-refractivity contribution in [3.05, 3.63) is 70.6 Å². The number of aryl methyl sites for hydroxylation is 1. The maximum absolute atomic E-state index is 12.6. The van der Waals surface area contributed by atoms with Gasteiger partial charge < -0.3 is 5.32 Å². The third kappa shape index (κ3) is 4.59. The molecule has 26 heavy (non-hydrogen) atoms. The van der Waals surface area contributed by atoms with E-state index in [4.69, 9.17) is 12.2 Å². The molecule has 0 saturated carbocycles. The summed E-state index contributed by atoms with van der Waals surface area (Å²) >= 11 is 6.58. The second kappa shape index (κ2) is 8.29. The van der Waals surface area contributed by atoms with Crippen molar-refractivity contribution in [3.8, 4) is 0 Å². The lowest BCUT2D eigenvalue weighted by Gasteiger charge is -2.14. The predicted octanol–water partition coefficient (Wildman–Crippen LogP) is 4.23. The van der Waals surface area contributed by atoms with Crippen LogP contribution in [0.15, 0.2) is 59.5 Å². The van der Waals surface area contributed by atoms with Crippen molar-refractivity contribution in [2.24, 2.45) is 0 Å². The van der Waals surface area contributed by atoms with Crippen LogP contribution in [0.2, 0.25) is 0 Å². The number of hydrogen-bond acceptors (Lipinski definition) is 4. The predicted molar refractivity (Wildman–Crippen MR) is 111 cm³/mol. The fourth-order valence-corrected chi connectivity index (χ4v) is 3.77. The summed E-state index contributed by atoms with van der Waals surface area (Å²) in [6, 6.07) is 17.2. The van der Waals surface area contributed by atoms with Crippen molar-refractivity contribution in [3.63, 3.8) is 0 Å². The molecular weight excluding hydrogens is 364 g/mol. The Bertz CT molecular complexity index is 861. The lowest BCUT2D eigenvalue weighted by molar-refractivity contribution is -0.122. The van der Waals surface area contributed by atoms with E-state index in [9.17, 15) is 9.59 Å². The van der Waals surface area contributed by atoms with Crippen molar-refractivity contribution in [2.75, 3.05) is 11.9 Å². The Balaban J connectivity index is 1.60. The zero-order valence-corrected chi connectivity index (χ0v) is 15.9. The molecule has 6 heteroatoms. The topological polar surface area (TPSA) is 49.4 Å². The maximum atomic E-state index is 12.6. The molecule has 1 N–H and O–H groups in total. The van der Waals surface area contributed by atoms with Gasteiger partial charge in [0.05, 0.1) is 4.91 Å². The van der Waals surface area contributed by atoms with Crippen LogP contribution in [-0.4, -0.2) is 27.6 Å². The minimum atomic E-state index is -0.146. The Morgan fingerprint density at radius 1 is 1.15 bits per heavy atom. The van der Waals surface area contributed by atoms with Crippen LogP contribution in [0.25, 0.3) is 6.08 Å². The molecule has 132 valence electrons. The SMILES string of the molecule is Cc1ccc(C=C2SC(=S)N(CCC(=O)Nc3ccccc3)C2=O)cc1. The van der Waals surface area contributed by atoms with Crippen molar-refractivity contribution in [1.82, 2.24) is 4.90 Å². The van der Waals surface area contributed by atoms with Gasteiger partial charge >= 0.3 is 0 Å². The summed E-state index contributed by atoms with van der Waals surface area (Å²) in [6.45, 7) is 2.29. The molecule has 0 spiro atoms. The van der Waals surface area contributed by atoms with Gasteiger partial charge in [-0.3, -0.25) is 14.5 Å². The molecule has 0 bridgehead atoms. The molecule has 1 aliphatic rings. The molecule has 0 aliphatic carbocycles. The second-order valence-electron chi connectivity index (χ2n) is 5.91. The van der Waals surface area contributed by atoms with Gasteiger partial charge in [0.15, 0.2) is 0 Å². The normalized spacial score (nSPS) is 15.6. The van der Waals surface area contributed by atoms with E-state index in [1.165, 1.54) is 22.2 Å². The molecule has 4 nitrogen and oxygen atoms in total. The molecule has 2 aromatic carbocycles. The standard InChI is InChI=1S/C20H18N2O2S2/c1-14-7-9-15(10-8-14)13-17-19(24)22(20(25)26-17)12-11-18(23)21-16-5-3-2-4-6-16/h2-10,13H,11-12H2,1H3,(H,21,23). The lowest BCUT2D eigenvalue weighted by Crippen LogP contribution is -2.31. The number of carbonyl (C=O) groups excluding carboxylic acids is 2. The summed E-state index contributed by atoms with van der Waals surface area (Å²) in [5.74, 6) is -0.291. The van der Waals surface area contributed by atoms with Crippen molar-refractivity contribution in [2.45, 2.75) is 13.3 Å². The quantitative estimate of drug-likeness (QED) is 0.621. The van der Waals surface area contributed by atoms with Gasteiger partial charge in [-0.1, -0.05) is 72.0 Å². The molecule has 0 unspecified atom stereocenters. The molecule has 0 atom stereocenters. The number of benzene rings is 2. The zero-order chi connectivity index (χ0) is 18.5. The average molecular weight is 383 g/mol. The molecule has 2 aromatic rings. The highest BCUT2D eigenvalue weighted by molar-refractivity contribution is 8.26. The minimum Gasteiger partial charge on any atom is -0.326 e. The first-order valence-corrected chi connectivity index (χ1v) is 9.42. The van der Waals surface area contributed by atoms with Gasteiger partial charge in [-0.2, -0.15) is 0 Å². The van der Waals surface area contributed by atoms with Gasteiger partial charge in [-0.25, -0.2) is 0 Å². The second-order valence-corrected chi connectivity index (χ2v) is 7.58. The van der Waals surface area contributed by atoms with E-state index in [0.717, 1.165) is 11.3 Å². The van der Waals surface area contributed by atoms with E-state index in [1.54, 1.807) is 0 Å². The Labute approximate surface area is 162 Å². The number of nitrogens with one attached hydrogen (secondary N) is 1. The van der Waals surface area contributed by atoms with Crippen LogP contribution in [-0.2, 0) is 9.59 Å². The molecular formula is C20H18N2O2S2. The summed E-state index contributed by atoms with van der Waals surface area (Å²) in [7, 11) is 0. The highest BCUT2D eigenvalue weighted by Crippen LogP contribution is 2.32. The number of nitrogens with zero attached hydrogens (tertiary/aromatic N) is 1. The van der Waals surface area contributed by atoms with Gasteiger partial charge in [-0.05, 0) is 30.7 Å². The van der Waals surface area contributed by atoms with Crippen LogP contribution in [0.1, 0.15) is 17.5 Å². The molecule has 1 saturated heterocycles. The van der Waals surface area contributed by atoms with Crippen LogP contribution >= 0.6 is 24.0 Å². The lowest BCUT2D eigenvalue weighted by atomic mass is 10.1. The third-order valence-corrected chi connectivity index (χ3v) is 5.25. The zero-order valence-electron chi connectivity index (χ0n) is 14.3. The minimum absolute atomic E-state index is 0.145. The van der Waals surface area contributed by atoms with E-state index in [1.807, 2.05) is 67.6 Å². The van der Waals surface area contributed by atoms with E-state index >= 15 is 0 Å². The van der Waals surface area contributed by atoms with Crippen molar-refractivity contribution >= 4 is 51.9 Å². The molecule has 1 fully saturated rings. The van der Waals surface area contributed by atoms with Crippen molar-refractivity contribution in [1.29, 1.82) is 0 Å². The number of amides is 2. The highest BCUT2D eigenvalue weighted by Gasteiger charge is 2.32. The number of thiocarbonyl (C=S) groups is 1. The monoisotopic (exact) mass is 382 g/mol. The van der Waals surface area contributed by atoms with Crippen LogP contribution in [0.5, 0.6) is 0 Å². The fraction of sp³-hybridized carbons (Fsp3) is 0.150. The van der Waals surface area contributed by atoms with E-state index in [2.05, 4.69) is 5.32 Å². The van der Waals surface area contributed by atoms with Gasteiger partial charge in [0.2, 0.25) is 5.91 Å². The largest absolute Gasteiger partial charge is 0.326 e. The Morgan fingerprint density at radius 3 is 2.54 bits per heavy atom. The van der Waals surface area contributed by atoms with E-state index < -0.39 is 0 Å². The molecule has 1 aliphatic heterocycles. The number of thioether (sulfide) groups is 1. The Morgan fingerprint density at radius 2 is 1.85 bits per heavy atom. The molecule has 1 heterocycles. The van der Waals surface area contributed by atoms with Crippen molar-refractivity contribution < 1.29 is 9.59 Å². The van der Waals surface area contributed by atoms with Gasteiger partial charge in [0.1, 0.15) is 4.32 Å². The summed E-state index contributed by atoms with van der Waals surface area (Å²) in [4.78, 5) is 26.7. The number of rotatable bonds is 5. The number of hydrogen-bond donors (Lipinski definition) is 1. The van der Waals surface area contributed by atoms with Gasteiger partial charge in [0.25, 0.3) is 5.91 Å². The fourth-order valence-electron chi connectivity index (χ4n) is 2.47. The summed E-state index contributed by atoms with van der Waals surface area (Å²) in [5, 5.41) is 2.81. The van der Waals surface area contributed by atoms with E-state index in [0.29, 0.717) is 9.23 Å². The number of anilines is 1. The van der Waals surface area contributed by atoms with Crippen LogP contribution in [0.4, 0.5) is 5.69 Å². The molecule has 0 radical (unpaired) electrons. The average Bonchev–Trinajstić information content (AvgIpc) is 2.89. The van der Waals surface area contributed by atoms with Crippen LogP contribution in [0.3, 0.4) is 0 Å². The number of para-hydroxylation sites is 1. The first-order chi connectivity index (χ1) is 12.5. The summed E-state index contributed by atoms with van der Waals surface area (Å²) in [5.41, 5.74) is 2.86. The number of carbonyl (C=O) groups is 2. The van der Waals surface area contributed by atoms with Gasteiger partial charge in [-0.15, -0.1) is 0 Å². The van der Waals surface area contributed by atoms with Crippen LogP contribution < -0.4 is 5.32 Å². The van der Waals surface area contributed by atoms with E-state index in [-0.39, 0.29) is 24.8 Å². The molecule has 0 aromatic heterocycles. The molecule has 3 rings (SSSR count). The first kappa shape index (κ1) is 18.4. The first-order valence-electron chi connectivity index (χ1n) is 8.20. The van der Waals surface area contributed by atoms with Crippen LogP contribution in [0, 0.1) is 6.92 Å². The Hall–Kier alpha value is -2.44. The van der Waals surface area contributed by atoms with Gasteiger partial charge in [0, 0.05) is 18.7 Å². The smallest absolute Gasteiger partial charge is 0.266 e. The molecule has 2 amide bonds. The summed E-state index contributed by atoms with van der Waals surface area (Å²) < 4.78 is 0.487. The Kier molecular flexibility index (Phi) is 5.85. The third-order valence-electron chi connectivity index (χ3n) is 3.87. The highest BCUT2D eigenvalue weighted by atomic mass is 32.2. The summed E-state index contributed by atoms with van der Waals surface area (Å²) in [6.07, 6.45) is 2.03. The maximum Gasteiger partial charge on any atom is 0.266 e.